The lowest BCUT2D eigenvalue weighted by Gasteiger charge is -2.64. The number of rotatable bonds is 3. The predicted molar refractivity (Wildman–Crippen MR) is 68.8 cm³/mol. The molecule has 2 saturated heterocycles. The summed E-state index contributed by atoms with van der Waals surface area (Å²) in [5.74, 6) is 0.818. The first kappa shape index (κ1) is 11.9. The smallest absolute Gasteiger partial charge is 0.0553 e. The number of nitrogens with two attached hydrogens (primary N) is 1. The van der Waals surface area contributed by atoms with Gasteiger partial charge in [0.2, 0.25) is 0 Å². The average Bonchev–Trinajstić information content (AvgIpc) is 2.20. The molecule has 0 aromatic heterocycles. The Morgan fingerprint density at radius 1 is 1.29 bits per heavy atom. The molecule has 0 aromatic rings. The monoisotopic (exact) mass is 238 g/mol. The van der Waals surface area contributed by atoms with Crippen LogP contribution in [0.5, 0.6) is 0 Å². The van der Waals surface area contributed by atoms with E-state index in [0.717, 1.165) is 25.7 Å². The molecule has 2 aliphatic heterocycles. The SMILES string of the molecule is CN1CCCC(C2(C3(CN)CCC3)COC2)C1. The van der Waals surface area contributed by atoms with E-state index in [4.69, 9.17) is 10.5 Å². The molecule has 3 fully saturated rings. The largest absolute Gasteiger partial charge is 0.380 e. The van der Waals surface area contributed by atoms with Crippen LogP contribution in [0.2, 0.25) is 0 Å². The summed E-state index contributed by atoms with van der Waals surface area (Å²) in [6, 6.07) is 0. The molecule has 3 heteroatoms. The van der Waals surface area contributed by atoms with Gasteiger partial charge in [0.05, 0.1) is 13.2 Å². The summed E-state index contributed by atoms with van der Waals surface area (Å²) in [5.41, 5.74) is 6.99. The van der Waals surface area contributed by atoms with Crippen LogP contribution in [0.1, 0.15) is 32.1 Å². The van der Waals surface area contributed by atoms with Crippen LogP contribution in [0.3, 0.4) is 0 Å². The van der Waals surface area contributed by atoms with Crippen molar-refractivity contribution in [3.05, 3.63) is 0 Å². The molecule has 17 heavy (non-hydrogen) atoms. The van der Waals surface area contributed by atoms with E-state index >= 15 is 0 Å². The summed E-state index contributed by atoms with van der Waals surface area (Å²) in [4.78, 5) is 2.50. The molecule has 0 radical (unpaired) electrons. The van der Waals surface area contributed by atoms with E-state index in [1.807, 2.05) is 0 Å². The Balaban J connectivity index is 1.81. The van der Waals surface area contributed by atoms with E-state index in [-0.39, 0.29) is 0 Å². The summed E-state index contributed by atoms with van der Waals surface area (Å²) >= 11 is 0. The molecule has 98 valence electrons. The second-order valence-corrected chi connectivity index (χ2v) is 6.59. The van der Waals surface area contributed by atoms with Gasteiger partial charge in [-0.15, -0.1) is 0 Å². The van der Waals surface area contributed by atoms with Gasteiger partial charge in [-0.25, -0.2) is 0 Å². The maximum absolute atomic E-state index is 6.14. The molecule has 3 nitrogen and oxygen atoms in total. The lowest BCUT2D eigenvalue weighted by Crippen LogP contribution is -2.66. The van der Waals surface area contributed by atoms with Crippen molar-refractivity contribution in [2.24, 2.45) is 22.5 Å². The average molecular weight is 238 g/mol. The Morgan fingerprint density at radius 3 is 2.47 bits per heavy atom. The van der Waals surface area contributed by atoms with Crippen molar-refractivity contribution < 1.29 is 4.74 Å². The van der Waals surface area contributed by atoms with Crippen molar-refractivity contribution in [1.82, 2.24) is 4.90 Å². The summed E-state index contributed by atoms with van der Waals surface area (Å²) in [7, 11) is 2.26. The molecule has 2 N–H and O–H groups in total. The van der Waals surface area contributed by atoms with Crippen LogP contribution < -0.4 is 5.73 Å². The minimum atomic E-state index is 0.425. The third-order valence-electron chi connectivity index (χ3n) is 5.88. The van der Waals surface area contributed by atoms with Gasteiger partial charge in [0.15, 0.2) is 0 Å². The standard InChI is InChI=1S/C14H26N2O/c1-16-7-2-4-12(8-16)14(10-17-11-14)13(9-15)5-3-6-13/h12H,2-11,15H2,1H3. The molecule has 3 aliphatic rings. The normalized spacial score (nSPS) is 36.0. The van der Waals surface area contributed by atoms with E-state index in [9.17, 15) is 0 Å². The van der Waals surface area contributed by atoms with Gasteiger partial charge in [0.1, 0.15) is 0 Å². The molecule has 0 aromatic carbocycles. The van der Waals surface area contributed by atoms with Gasteiger partial charge >= 0.3 is 0 Å². The number of hydrogen-bond acceptors (Lipinski definition) is 3. The van der Waals surface area contributed by atoms with Crippen molar-refractivity contribution in [1.29, 1.82) is 0 Å². The Morgan fingerprint density at radius 2 is 2.06 bits per heavy atom. The lowest BCUT2D eigenvalue weighted by atomic mass is 9.47. The molecule has 1 unspecified atom stereocenters. The van der Waals surface area contributed by atoms with Crippen molar-refractivity contribution >= 4 is 0 Å². The van der Waals surface area contributed by atoms with Crippen LogP contribution in [0.25, 0.3) is 0 Å². The van der Waals surface area contributed by atoms with Crippen LogP contribution in [0.15, 0.2) is 0 Å². The molecular weight excluding hydrogens is 212 g/mol. The van der Waals surface area contributed by atoms with Crippen LogP contribution >= 0.6 is 0 Å². The van der Waals surface area contributed by atoms with Crippen LogP contribution in [-0.2, 0) is 4.74 Å². The maximum Gasteiger partial charge on any atom is 0.0553 e. The van der Waals surface area contributed by atoms with Crippen LogP contribution in [0, 0.1) is 16.7 Å². The summed E-state index contributed by atoms with van der Waals surface area (Å²) in [6.07, 6.45) is 6.79. The fourth-order valence-corrected chi connectivity index (χ4v) is 4.42. The fourth-order valence-electron chi connectivity index (χ4n) is 4.42. The molecule has 1 saturated carbocycles. The highest BCUT2D eigenvalue weighted by atomic mass is 16.5. The quantitative estimate of drug-likeness (QED) is 0.809. The van der Waals surface area contributed by atoms with E-state index in [2.05, 4.69) is 11.9 Å². The van der Waals surface area contributed by atoms with Crippen molar-refractivity contribution in [3.8, 4) is 0 Å². The Labute approximate surface area is 105 Å². The molecule has 3 rings (SSSR count). The lowest BCUT2D eigenvalue weighted by molar-refractivity contribution is -0.242. The first-order chi connectivity index (χ1) is 8.22. The third kappa shape index (κ3) is 1.59. The zero-order chi connectivity index (χ0) is 11.9. The number of hydrogen-bond donors (Lipinski definition) is 1. The summed E-state index contributed by atoms with van der Waals surface area (Å²) in [5, 5.41) is 0. The predicted octanol–water partition coefficient (Wildman–Crippen LogP) is 1.47. The van der Waals surface area contributed by atoms with Gasteiger partial charge in [0, 0.05) is 12.0 Å². The van der Waals surface area contributed by atoms with Gasteiger partial charge in [0.25, 0.3) is 0 Å². The summed E-state index contributed by atoms with van der Waals surface area (Å²) in [6.45, 7) is 5.34. The van der Waals surface area contributed by atoms with Crippen molar-refractivity contribution in [2.45, 2.75) is 32.1 Å². The van der Waals surface area contributed by atoms with Gasteiger partial charge in [-0.05, 0) is 57.2 Å². The molecular formula is C14H26N2O. The summed E-state index contributed by atoms with van der Waals surface area (Å²) < 4.78 is 5.64. The van der Waals surface area contributed by atoms with Crippen LogP contribution in [-0.4, -0.2) is 44.8 Å². The van der Waals surface area contributed by atoms with Gasteiger partial charge in [-0.3, -0.25) is 0 Å². The highest BCUT2D eigenvalue weighted by Crippen LogP contribution is 2.61. The van der Waals surface area contributed by atoms with Gasteiger partial charge < -0.3 is 15.4 Å². The van der Waals surface area contributed by atoms with Crippen LogP contribution in [0.4, 0.5) is 0 Å². The van der Waals surface area contributed by atoms with Crippen molar-refractivity contribution in [3.63, 3.8) is 0 Å². The van der Waals surface area contributed by atoms with E-state index in [0.29, 0.717) is 10.8 Å². The van der Waals surface area contributed by atoms with Gasteiger partial charge in [-0.1, -0.05) is 6.42 Å². The highest BCUT2D eigenvalue weighted by Gasteiger charge is 2.61. The Bertz CT molecular complexity index is 278. The molecule has 1 aliphatic carbocycles. The Hall–Kier alpha value is -0.120. The minimum Gasteiger partial charge on any atom is -0.380 e. The van der Waals surface area contributed by atoms with E-state index < -0.39 is 0 Å². The topological polar surface area (TPSA) is 38.5 Å². The number of piperidine rings is 1. The second kappa shape index (κ2) is 4.22. The number of nitrogens with zero attached hydrogens (tertiary/aromatic N) is 1. The zero-order valence-electron chi connectivity index (χ0n) is 11.1. The fraction of sp³-hybridized carbons (Fsp3) is 1.00. The first-order valence-electron chi connectivity index (χ1n) is 7.19. The molecule has 1 atom stereocenters. The van der Waals surface area contributed by atoms with Crippen molar-refractivity contribution in [2.75, 3.05) is 39.9 Å². The zero-order valence-corrected chi connectivity index (χ0v) is 11.1. The second-order valence-electron chi connectivity index (χ2n) is 6.59. The first-order valence-corrected chi connectivity index (χ1v) is 7.19. The molecule has 0 spiro atoms. The Kier molecular flexibility index (Phi) is 2.96. The minimum absolute atomic E-state index is 0.425. The maximum atomic E-state index is 6.14. The highest BCUT2D eigenvalue weighted by molar-refractivity contribution is 5.10. The third-order valence-corrected chi connectivity index (χ3v) is 5.88. The number of ether oxygens (including phenoxy) is 1. The molecule has 0 amide bonds. The molecule has 0 bridgehead atoms. The molecule has 2 heterocycles. The van der Waals surface area contributed by atoms with Gasteiger partial charge in [-0.2, -0.15) is 0 Å². The van der Waals surface area contributed by atoms with E-state index in [1.54, 1.807) is 0 Å². The van der Waals surface area contributed by atoms with E-state index in [1.165, 1.54) is 45.2 Å². The number of likely N-dealkylation sites (tertiary alicyclic amines) is 1.